The number of anilines is 1. The number of Topliss-reactive ketones (excluding diaryl/α,β-unsaturated/α-hetero) is 1. The first-order valence-electron chi connectivity index (χ1n) is 11.1. The fourth-order valence-corrected chi connectivity index (χ4v) is 5.48. The van der Waals surface area contributed by atoms with Crippen LogP contribution in [0.3, 0.4) is 0 Å². The summed E-state index contributed by atoms with van der Waals surface area (Å²) in [5.74, 6) is -2.04. The molecular formula is C27H23BrN2O6S. The highest BCUT2D eigenvalue weighted by Gasteiger charge is 2.48. The van der Waals surface area contributed by atoms with Crippen LogP contribution in [-0.4, -0.2) is 41.5 Å². The zero-order valence-electron chi connectivity index (χ0n) is 20.3. The summed E-state index contributed by atoms with van der Waals surface area (Å²) in [6.45, 7) is 6.99. The number of carbonyl (C=O) groups is 3. The van der Waals surface area contributed by atoms with Crippen molar-refractivity contribution in [3.05, 3.63) is 92.4 Å². The molecule has 0 spiro atoms. The molecule has 1 aliphatic rings. The van der Waals surface area contributed by atoms with Gasteiger partial charge in [-0.2, -0.15) is 0 Å². The van der Waals surface area contributed by atoms with E-state index >= 15 is 0 Å². The molecule has 0 bridgehead atoms. The van der Waals surface area contributed by atoms with Crippen molar-refractivity contribution in [2.24, 2.45) is 0 Å². The third-order valence-electron chi connectivity index (χ3n) is 5.79. The summed E-state index contributed by atoms with van der Waals surface area (Å²) in [6.07, 6.45) is 1.45. The Kier molecular flexibility index (Phi) is 7.60. The van der Waals surface area contributed by atoms with Crippen LogP contribution in [0.25, 0.3) is 5.76 Å². The van der Waals surface area contributed by atoms with Crippen LogP contribution in [0.1, 0.15) is 38.1 Å². The van der Waals surface area contributed by atoms with Crippen molar-refractivity contribution < 1.29 is 29.0 Å². The Balaban J connectivity index is 1.89. The molecule has 8 nitrogen and oxygen atoms in total. The third-order valence-corrected chi connectivity index (χ3v) is 7.42. The Morgan fingerprint density at radius 1 is 1.24 bits per heavy atom. The summed E-state index contributed by atoms with van der Waals surface area (Å²) >= 11 is 4.38. The van der Waals surface area contributed by atoms with Crippen molar-refractivity contribution in [1.29, 1.82) is 0 Å². The first kappa shape index (κ1) is 26.3. The van der Waals surface area contributed by atoms with Gasteiger partial charge in [-0.05, 0) is 55.3 Å². The van der Waals surface area contributed by atoms with Gasteiger partial charge in [0.25, 0.3) is 5.78 Å². The van der Waals surface area contributed by atoms with Crippen molar-refractivity contribution in [2.75, 3.05) is 18.6 Å². The number of benzene rings is 2. The largest absolute Gasteiger partial charge is 0.507 e. The number of nitrogens with zero attached hydrogens (tertiary/aromatic N) is 2. The van der Waals surface area contributed by atoms with Crippen molar-refractivity contribution >= 4 is 55.8 Å². The quantitative estimate of drug-likeness (QED) is 0.129. The van der Waals surface area contributed by atoms with Gasteiger partial charge in [-0.1, -0.05) is 52.1 Å². The predicted molar refractivity (Wildman–Crippen MR) is 144 cm³/mol. The van der Waals surface area contributed by atoms with Gasteiger partial charge in [-0.3, -0.25) is 14.5 Å². The molecule has 0 unspecified atom stereocenters. The number of hydrogen-bond acceptors (Lipinski definition) is 8. The summed E-state index contributed by atoms with van der Waals surface area (Å²) in [5.41, 5.74) is 1.95. The van der Waals surface area contributed by atoms with E-state index in [4.69, 9.17) is 9.47 Å². The summed E-state index contributed by atoms with van der Waals surface area (Å²) in [5, 5.41) is 11.5. The number of aromatic nitrogens is 1. The summed E-state index contributed by atoms with van der Waals surface area (Å²) < 4.78 is 11.2. The Morgan fingerprint density at radius 2 is 2.00 bits per heavy atom. The SMILES string of the molecule is C=CCOC(=O)c1sc(N2C(=O)C(=O)/C(=C(/O)c3ccc(OC)c(C)c3)[C@H]2c2cccc(Br)c2)nc1C. The zero-order chi connectivity index (χ0) is 26.9. The van der Waals surface area contributed by atoms with Gasteiger partial charge in [0, 0.05) is 10.0 Å². The molecule has 4 rings (SSSR count). The summed E-state index contributed by atoms with van der Waals surface area (Å²) in [4.78, 5) is 45.1. The normalized spacial score (nSPS) is 16.6. The van der Waals surface area contributed by atoms with E-state index in [-0.39, 0.29) is 27.9 Å². The van der Waals surface area contributed by atoms with Gasteiger partial charge in [0.2, 0.25) is 0 Å². The first-order valence-corrected chi connectivity index (χ1v) is 12.8. The van der Waals surface area contributed by atoms with Crippen LogP contribution in [0.15, 0.2) is 65.2 Å². The molecule has 0 radical (unpaired) electrons. The topological polar surface area (TPSA) is 106 Å². The molecule has 1 amide bonds. The second-order valence-corrected chi connectivity index (χ2v) is 10.1. The van der Waals surface area contributed by atoms with Gasteiger partial charge >= 0.3 is 11.9 Å². The smallest absolute Gasteiger partial charge is 0.350 e. The number of amides is 1. The van der Waals surface area contributed by atoms with E-state index in [1.165, 1.54) is 18.1 Å². The van der Waals surface area contributed by atoms with Crippen LogP contribution in [0.4, 0.5) is 5.13 Å². The average Bonchev–Trinajstić information content (AvgIpc) is 3.38. The monoisotopic (exact) mass is 582 g/mol. The second kappa shape index (κ2) is 10.7. The molecule has 37 heavy (non-hydrogen) atoms. The van der Waals surface area contributed by atoms with Crippen LogP contribution < -0.4 is 9.64 Å². The lowest BCUT2D eigenvalue weighted by Gasteiger charge is -2.23. The average molecular weight is 583 g/mol. The molecule has 2 aromatic carbocycles. The van der Waals surface area contributed by atoms with Gasteiger partial charge in [0.15, 0.2) is 5.13 Å². The van der Waals surface area contributed by atoms with E-state index in [9.17, 15) is 19.5 Å². The number of aryl methyl sites for hydroxylation is 2. The maximum Gasteiger partial charge on any atom is 0.350 e. The maximum absolute atomic E-state index is 13.4. The van der Waals surface area contributed by atoms with E-state index in [1.807, 2.05) is 13.0 Å². The number of hydrogen-bond donors (Lipinski definition) is 1. The van der Waals surface area contributed by atoms with Crippen LogP contribution >= 0.6 is 27.3 Å². The van der Waals surface area contributed by atoms with Crippen molar-refractivity contribution in [2.45, 2.75) is 19.9 Å². The summed E-state index contributed by atoms with van der Waals surface area (Å²) in [7, 11) is 1.54. The van der Waals surface area contributed by atoms with Crippen molar-refractivity contribution in [3.63, 3.8) is 0 Å². The Morgan fingerprint density at radius 3 is 2.65 bits per heavy atom. The van der Waals surface area contributed by atoms with E-state index < -0.39 is 23.7 Å². The molecule has 1 aromatic heterocycles. The van der Waals surface area contributed by atoms with Crippen LogP contribution in [0, 0.1) is 13.8 Å². The number of aliphatic hydroxyl groups excluding tert-OH is 1. The first-order chi connectivity index (χ1) is 17.7. The van der Waals surface area contributed by atoms with Gasteiger partial charge < -0.3 is 14.6 Å². The number of thiazole rings is 1. The molecule has 1 fully saturated rings. The number of aliphatic hydroxyl groups is 1. The highest BCUT2D eigenvalue weighted by atomic mass is 79.9. The van der Waals surface area contributed by atoms with E-state index in [1.54, 1.807) is 43.3 Å². The molecule has 10 heteroatoms. The van der Waals surface area contributed by atoms with Crippen molar-refractivity contribution in [3.8, 4) is 5.75 Å². The lowest BCUT2D eigenvalue weighted by Crippen LogP contribution is -2.29. The molecule has 3 aromatic rings. The predicted octanol–water partition coefficient (Wildman–Crippen LogP) is 5.50. The Labute approximate surface area is 226 Å². The fraction of sp³-hybridized carbons (Fsp3) is 0.185. The molecule has 0 saturated carbocycles. The lowest BCUT2D eigenvalue weighted by atomic mass is 9.95. The minimum atomic E-state index is -0.984. The number of methoxy groups -OCH3 is 1. The number of rotatable bonds is 7. The van der Waals surface area contributed by atoms with Gasteiger partial charge in [0.1, 0.15) is 23.0 Å². The Bertz CT molecular complexity index is 1460. The highest BCUT2D eigenvalue weighted by Crippen LogP contribution is 2.44. The summed E-state index contributed by atoms with van der Waals surface area (Å²) in [6, 6.07) is 11.1. The van der Waals surface area contributed by atoms with Crippen LogP contribution in [0.5, 0.6) is 5.75 Å². The zero-order valence-corrected chi connectivity index (χ0v) is 22.7. The lowest BCUT2D eigenvalue weighted by molar-refractivity contribution is -0.132. The minimum Gasteiger partial charge on any atom is -0.507 e. The number of carbonyl (C=O) groups excluding carboxylic acids is 3. The van der Waals surface area contributed by atoms with E-state index in [2.05, 4.69) is 27.5 Å². The highest BCUT2D eigenvalue weighted by molar-refractivity contribution is 9.10. The van der Waals surface area contributed by atoms with Gasteiger partial charge in [0.05, 0.1) is 24.4 Å². The minimum absolute atomic E-state index is 0.0232. The van der Waals surface area contributed by atoms with Gasteiger partial charge in [-0.15, -0.1) is 0 Å². The number of halogens is 1. The Hall–Kier alpha value is -3.76. The molecular weight excluding hydrogens is 560 g/mol. The van der Waals surface area contributed by atoms with Crippen LogP contribution in [0.2, 0.25) is 0 Å². The second-order valence-electron chi connectivity index (χ2n) is 8.21. The van der Waals surface area contributed by atoms with Crippen LogP contribution in [-0.2, 0) is 14.3 Å². The van der Waals surface area contributed by atoms with E-state index in [0.29, 0.717) is 22.6 Å². The number of esters is 1. The molecule has 190 valence electrons. The van der Waals surface area contributed by atoms with Gasteiger partial charge in [-0.25, -0.2) is 9.78 Å². The third kappa shape index (κ3) is 4.94. The molecule has 1 aliphatic heterocycles. The molecule has 0 aliphatic carbocycles. The molecule has 2 heterocycles. The maximum atomic E-state index is 13.4. The van der Waals surface area contributed by atoms with E-state index in [0.717, 1.165) is 21.4 Å². The molecule has 1 saturated heterocycles. The molecule has 1 N–H and O–H groups in total. The fourth-order valence-electron chi connectivity index (χ4n) is 4.08. The van der Waals surface area contributed by atoms with Crippen molar-refractivity contribution in [1.82, 2.24) is 4.98 Å². The molecule has 1 atom stereocenters. The standard InChI is InChI=1S/C27H23BrN2O6S/c1-5-11-36-26(34)24-15(3)29-27(37-24)30-21(16-7-6-8-18(28)13-16)20(23(32)25(30)33)22(31)17-9-10-19(35-4)14(2)12-17/h5-10,12-13,21,31H,1,11H2,2-4H3/b22-20+/t21-/m1/s1. The number of ketones is 1. The number of ether oxygens (including phenoxy) is 2.